The Morgan fingerprint density at radius 1 is 0.889 bits per heavy atom. The van der Waals surface area contributed by atoms with E-state index in [1.807, 2.05) is 0 Å². The minimum atomic E-state index is -4.58. The van der Waals surface area contributed by atoms with Crippen LogP contribution in [0.4, 0.5) is 26.3 Å². The SMILES string of the molecule is Cn1cc(C(=Cn2nc(-c3ccc(C(F)(F)F)cc3)nc2-c2ccc(C(F)(F)F)cc2)C(=O)O)cn1. The summed E-state index contributed by atoms with van der Waals surface area (Å²) >= 11 is 0. The monoisotopic (exact) mass is 507 g/mol. The van der Waals surface area contributed by atoms with E-state index in [4.69, 9.17) is 0 Å². The number of aromatic nitrogens is 5. The van der Waals surface area contributed by atoms with Gasteiger partial charge in [-0.3, -0.25) is 4.68 Å². The highest BCUT2D eigenvalue weighted by Gasteiger charge is 2.31. The molecule has 36 heavy (non-hydrogen) atoms. The molecule has 0 saturated carbocycles. The number of hydrogen-bond acceptors (Lipinski definition) is 4. The Morgan fingerprint density at radius 3 is 1.86 bits per heavy atom. The quantitative estimate of drug-likeness (QED) is 0.286. The fourth-order valence-electron chi connectivity index (χ4n) is 3.28. The number of hydrogen-bond donors (Lipinski definition) is 1. The van der Waals surface area contributed by atoms with Crippen molar-refractivity contribution in [3.05, 3.63) is 77.6 Å². The number of carboxylic acids is 1. The Kier molecular flexibility index (Phi) is 6.16. The second kappa shape index (κ2) is 8.98. The zero-order chi connectivity index (χ0) is 26.3. The van der Waals surface area contributed by atoms with Crippen LogP contribution < -0.4 is 0 Å². The number of alkyl halides is 6. The van der Waals surface area contributed by atoms with Gasteiger partial charge in [-0.05, 0) is 24.3 Å². The first-order chi connectivity index (χ1) is 16.8. The van der Waals surface area contributed by atoms with Crippen LogP contribution in [0.3, 0.4) is 0 Å². The molecule has 0 aliphatic carbocycles. The first kappa shape index (κ1) is 24.7. The number of carbonyl (C=O) groups is 1. The van der Waals surface area contributed by atoms with Gasteiger partial charge < -0.3 is 5.11 Å². The Balaban J connectivity index is 1.85. The summed E-state index contributed by atoms with van der Waals surface area (Å²) in [7, 11) is 1.58. The van der Waals surface area contributed by atoms with Gasteiger partial charge in [0.25, 0.3) is 0 Å². The minimum Gasteiger partial charge on any atom is -0.478 e. The molecule has 2 aromatic carbocycles. The Morgan fingerprint density at radius 2 is 1.42 bits per heavy atom. The van der Waals surface area contributed by atoms with Crippen molar-refractivity contribution in [2.75, 3.05) is 0 Å². The van der Waals surface area contributed by atoms with Crippen molar-refractivity contribution < 1.29 is 36.2 Å². The summed E-state index contributed by atoms with van der Waals surface area (Å²) in [6.07, 6.45) is -5.29. The molecule has 0 radical (unpaired) electrons. The third kappa shape index (κ3) is 5.14. The van der Waals surface area contributed by atoms with E-state index < -0.39 is 29.4 Å². The summed E-state index contributed by atoms with van der Waals surface area (Å²) in [5.41, 5.74) is -1.48. The molecule has 13 heteroatoms. The Labute approximate surface area is 198 Å². The van der Waals surface area contributed by atoms with E-state index in [0.717, 1.165) is 59.4 Å². The number of aliphatic carboxylic acids is 1. The number of benzene rings is 2. The van der Waals surface area contributed by atoms with E-state index in [1.165, 1.54) is 17.1 Å². The van der Waals surface area contributed by atoms with Crippen LogP contribution in [0.15, 0.2) is 60.9 Å². The van der Waals surface area contributed by atoms with Crippen molar-refractivity contribution in [3.63, 3.8) is 0 Å². The highest BCUT2D eigenvalue weighted by atomic mass is 19.4. The second-order valence-corrected chi connectivity index (χ2v) is 7.60. The van der Waals surface area contributed by atoms with Crippen LogP contribution in [-0.2, 0) is 24.2 Å². The summed E-state index contributed by atoms with van der Waals surface area (Å²) in [6, 6.07) is 7.88. The molecule has 2 aromatic heterocycles. The van der Waals surface area contributed by atoms with Crippen molar-refractivity contribution >= 4 is 17.7 Å². The zero-order valence-electron chi connectivity index (χ0n) is 18.2. The molecule has 4 aromatic rings. The van der Waals surface area contributed by atoms with Gasteiger partial charge in [-0.2, -0.15) is 31.4 Å². The smallest absolute Gasteiger partial charge is 0.416 e. The van der Waals surface area contributed by atoms with Crippen molar-refractivity contribution in [1.29, 1.82) is 0 Å². The van der Waals surface area contributed by atoms with Crippen LogP contribution in [0.25, 0.3) is 34.5 Å². The molecule has 2 heterocycles. The van der Waals surface area contributed by atoms with E-state index in [2.05, 4.69) is 15.2 Å². The summed E-state index contributed by atoms with van der Waals surface area (Å²) in [5.74, 6) is -1.43. The predicted molar refractivity (Wildman–Crippen MR) is 116 cm³/mol. The van der Waals surface area contributed by atoms with Gasteiger partial charge in [0.1, 0.15) is 0 Å². The predicted octanol–water partition coefficient (Wildman–Crippen LogP) is 5.47. The van der Waals surface area contributed by atoms with Crippen molar-refractivity contribution in [1.82, 2.24) is 24.5 Å². The lowest BCUT2D eigenvalue weighted by atomic mass is 10.1. The summed E-state index contributed by atoms with van der Waals surface area (Å²) in [5, 5.41) is 17.9. The fraction of sp³-hybridized carbons (Fsp3) is 0.130. The maximum atomic E-state index is 13.0. The zero-order valence-corrected chi connectivity index (χ0v) is 18.2. The van der Waals surface area contributed by atoms with Gasteiger partial charge in [-0.25, -0.2) is 14.5 Å². The maximum Gasteiger partial charge on any atom is 0.416 e. The van der Waals surface area contributed by atoms with Crippen LogP contribution >= 0.6 is 0 Å². The molecule has 0 bridgehead atoms. The molecule has 0 atom stereocenters. The van der Waals surface area contributed by atoms with E-state index in [-0.39, 0.29) is 33.9 Å². The van der Waals surface area contributed by atoms with Crippen LogP contribution in [0.2, 0.25) is 0 Å². The van der Waals surface area contributed by atoms with Crippen molar-refractivity contribution in [3.8, 4) is 22.8 Å². The van der Waals surface area contributed by atoms with Gasteiger partial charge in [-0.15, -0.1) is 5.10 Å². The van der Waals surface area contributed by atoms with Gasteiger partial charge in [0.2, 0.25) is 0 Å². The molecular formula is C23H15F6N5O2. The van der Waals surface area contributed by atoms with Crippen LogP contribution in [0.1, 0.15) is 16.7 Å². The van der Waals surface area contributed by atoms with Crippen molar-refractivity contribution in [2.24, 2.45) is 7.05 Å². The fourth-order valence-corrected chi connectivity index (χ4v) is 3.28. The molecule has 0 saturated heterocycles. The molecule has 0 unspecified atom stereocenters. The number of halogens is 6. The lowest BCUT2D eigenvalue weighted by Gasteiger charge is -2.07. The molecule has 0 aliphatic heterocycles. The molecule has 0 amide bonds. The molecule has 0 aliphatic rings. The molecule has 7 nitrogen and oxygen atoms in total. The highest BCUT2D eigenvalue weighted by molar-refractivity contribution is 6.19. The lowest BCUT2D eigenvalue weighted by molar-refractivity contribution is -0.138. The average Bonchev–Trinajstić information content (AvgIpc) is 3.42. The largest absolute Gasteiger partial charge is 0.478 e. The lowest BCUT2D eigenvalue weighted by Crippen LogP contribution is -2.05. The molecule has 1 N–H and O–H groups in total. The van der Waals surface area contributed by atoms with Gasteiger partial charge in [0.15, 0.2) is 11.6 Å². The van der Waals surface area contributed by atoms with Crippen LogP contribution in [0.5, 0.6) is 0 Å². The summed E-state index contributed by atoms with van der Waals surface area (Å²) in [4.78, 5) is 16.2. The number of aryl methyl sites for hydroxylation is 1. The Bertz CT molecular complexity index is 1430. The minimum absolute atomic E-state index is 0.0266. The second-order valence-electron chi connectivity index (χ2n) is 7.60. The van der Waals surface area contributed by atoms with Gasteiger partial charge >= 0.3 is 18.3 Å². The first-order valence-corrected chi connectivity index (χ1v) is 10.1. The van der Waals surface area contributed by atoms with Crippen LogP contribution in [-0.4, -0.2) is 35.6 Å². The van der Waals surface area contributed by atoms with Gasteiger partial charge in [-0.1, -0.05) is 24.3 Å². The number of carboxylic acid groups (broad SMARTS) is 1. The molecule has 0 fully saturated rings. The van der Waals surface area contributed by atoms with E-state index >= 15 is 0 Å². The third-order valence-electron chi connectivity index (χ3n) is 5.07. The van der Waals surface area contributed by atoms with Crippen LogP contribution in [0, 0.1) is 0 Å². The van der Waals surface area contributed by atoms with Gasteiger partial charge in [0.05, 0.1) is 22.9 Å². The standard InChI is InChI=1S/C23H15F6N5O2/c1-33-11-15(10-30-33)18(21(35)36)12-34-20(14-4-8-17(9-5-14)23(27,28)29)31-19(32-34)13-2-6-16(7-3-13)22(24,25)26/h2-12H,1H3,(H,35,36). The van der Waals surface area contributed by atoms with E-state index in [1.54, 1.807) is 7.05 Å². The number of nitrogens with zero attached hydrogens (tertiary/aromatic N) is 5. The van der Waals surface area contributed by atoms with Gasteiger partial charge in [0, 0.05) is 36.1 Å². The van der Waals surface area contributed by atoms with E-state index in [0.29, 0.717) is 0 Å². The maximum absolute atomic E-state index is 13.0. The Hall–Kier alpha value is -4.42. The third-order valence-corrected chi connectivity index (χ3v) is 5.07. The molecule has 0 spiro atoms. The summed E-state index contributed by atoms with van der Waals surface area (Å²) in [6.45, 7) is 0. The molecular weight excluding hydrogens is 492 g/mol. The molecule has 4 rings (SSSR count). The van der Waals surface area contributed by atoms with Crippen molar-refractivity contribution in [2.45, 2.75) is 12.4 Å². The first-order valence-electron chi connectivity index (χ1n) is 10.1. The summed E-state index contributed by atoms with van der Waals surface area (Å²) < 4.78 is 80.2. The average molecular weight is 507 g/mol. The molecule has 186 valence electrons. The topological polar surface area (TPSA) is 85.8 Å². The highest BCUT2D eigenvalue weighted by Crippen LogP contribution is 2.33. The van der Waals surface area contributed by atoms with E-state index in [9.17, 15) is 36.2 Å². The normalized spacial score (nSPS) is 12.7. The number of rotatable bonds is 5.